The third-order valence-electron chi connectivity index (χ3n) is 3.89. The van der Waals surface area contributed by atoms with Gasteiger partial charge in [0.15, 0.2) is 0 Å². The zero-order chi connectivity index (χ0) is 14.8. The number of thiophene rings is 1. The van der Waals surface area contributed by atoms with E-state index >= 15 is 0 Å². The van der Waals surface area contributed by atoms with E-state index in [9.17, 15) is 5.11 Å². The van der Waals surface area contributed by atoms with Crippen LogP contribution in [0.3, 0.4) is 0 Å². The number of hydrogen-bond acceptors (Lipinski definition) is 4. The molecular formula is C16H28N2OS. The second kappa shape index (κ2) is 6.56. The van der Waals surface area contributed by atoms with Crippen molar-refractivity contribution in [3.63, 3.8) is 0 Å². The first-order valence-corrected chi connectivity index (χ1v) is 8.41. The molecule has 0 spiro atoms. The van der Waals surface area contributed by atoms with E-state index in [0.29, 0.717) is 19.1 Å². The Hall–Kier alpha value is -0.420. The summed E-state index contributed by atoms with van der Waals surface area (Å²) < 4.78 is 0. The van der Waals surface area contributed by atoms with Gasteiger partial charge in [0.1, 0.15) is 0 Å². The number of aryl methyl sites for hydroxylation is 2. The van der Waals surface area contributed by atoms with Crippen molar-refractivity contribution in [1.29, 1.82) is 0 Å². The molecule has 0 radical (unpaired) electrons. The molecule has 0 saturated carbocycles. The summed E-state index contributed by atoms with van der Waals surface area (Å²) in [6, 6.07) is 2.69. The van der Waals surface area contributed by atoms with Crippen LogP contribution in [0.4, 0.5) is 0 Å². The average molecular weight is 296 g/mol. The van der Waals surface area contributed by atoms with E-state index in [1.54, 1.807) is 10.4 Å². The molecule has 0 fully saturated rings. The fourth-order valence-electron chi connectivity index (χ4n) is 2.94. The monoisotopic (exact) mass is 296 g/mol. The lowest BCUT2D eigenvalue weighted by Crippen LogP contribution is -2.46. The number of likely N-dealkylation sites (N-methyl/N-ethyl adjacent to an activating group) is 1. The second-order valence-corrected chi connectivity index (χ2v) is 7.81. The van der Waals surface area contributed by atoms with Crippen molar-refractivity contribution in [2.24, 2.45) is 0 Å². The molecular weight excluding hydrogens is 268 g/mol. The smallest absolute Gasteiger partial charge is 0.0869 e. The lowest BCUT2D eigenvalue weighted by molar-refractivity contribution is 0.0318. The molecule has 2 rings (SSSR count). The molecule has 1 aliphatic rings. The van der Waals surface area contributed by atoms with Gasteiger partial charge in [0.05, 0.1) is 5.60 Å². The predicted molar refractivity (Wildman–Crippen MR) is 86.6 cm³/mol. The minimum atomic E-state index is -0.686. The van der Waals surface area contributed by atoms with Gasteiger partial charge in [-0.1, -0.05) is 0 Å². The SMILES string of the molecule is CC(NCC(C)(O)CN(C)C)c1cc2c(s1)CCCC2. The maximum atomic E-state index is 10.3. The fraction of sp³-hybridized carbons (Fsp3) is 0.750. The lowest BCUT2D eigenvalue weighted by Gasteiger charge is -2.28. The van der Waals surface area contributed by atoms with Gasteiger partial charge < -0.3 is 15.3 Å². The Balaban J connectivity index is 1.91. The number of nitrogens with one attached hydrogen (secondary N) is 1. The highest BCUT2D eigenvalue weighted by atomic mass is 32.1. The molecule has 114 valence electrons. The number of aliphatic hydroxyl groups is 1. The Morgan fingerprint density at radius 3 is 2.75 bits per heavy atom. The summed E-state index contributed by atoms with van der Waals surface area (Å²) in [6.07, 6.45) is 5.18. The largest absolute Gasteiger partial charge is 0.388 e. The number of hydrogen-bond donors (Lipinski definition) is 2. The number of rotatable bonds is 6. The van der Waals surface area contributed by atoms with Gasteiger partial charge >= 0.3 is 0 Å². The maximum Gasteiger partial charge on any atom is 0.0869 e. The van der Waals surface area contributed by atoms with E-state index in [1.807, 2.05) is 37.3 Å². The zero-order valence-corrected chi connectivity index (χ0v) is 14.0. The van der Waals surface area contributed by atoms with E-state index in [0.717, 1.165) is 0 Å². The first-order valence-electron chi connectivity index (χ1n) is 7.59. The molecule has 2 atom stereocenters. The van der Waals surface area contributed by atoms with Gasteiger partial charge in [0, 0.05) is 28.9 Å². The van der Waals surface area contributed by atoms with Crippen LogP contribution < -0.4 is 5.32 Å². The van der Waals surface area contributed by atoms with Gasteiger partial charge in [0.2, 0.25) is 0 Å². The molecule has 2 unspecified atom stereocenters. The Morgan fingerprint density at radius 2 is 2.10 bits per heavy atom. The molecule has 1 heterocycles. The number of fused-ring (bicyclic) bond motifs is 1. The standard InChI is InChI=1S/C16H28N2OS/c1-12(17-10-16(2,19)11-18(3)4)15-9-13-7-5-6-8-14(13)20-15/h9,12,17,19H,5-8,10-11H2,1-4H3. The Kier molecular flexibility index (Phi) is 5.24. The summed E-state index contributed by atoms with van der Waals surface area (Å²) in [4.78, 5) is 5.02. The van der Waals surface area contributed by atoms with E-state index in [-0.39, 0.29) is 0 Å². The molecule has 20 heavy (non-hydrogen) atoms. The molecule has 3 nitrogen and oxygen atoms in total. The van der Waals surface area contributed by atoms with Crippen molar-refractivity contribution in [3.8, 4) is 0 Å². The van der Waals surface area contributed by atoms with Gasteiger partial charge in [-0.25, -0.2) is 0 Å². The maximum absolute atomic E-state index is 10.3. The Bertz CT molecular complexity index is 416. The lowest BCUT2D eigenvalue weighted by atomic mass is 9.99. The van der Waals surface area contributed by atoms with Crippen LogP contribution in [0.15, 0.2) is 6.07 Å². The molecule has 0 aromatic carbocycles. The molecule has 0 saturated heterocycles. The van der Waals surface area contributed by atoms with E-state index < -0.39 is 5.60 Å². The van der Waals surface area contributed by atoms with Crippen molar-refractivity contribution in [2.45, 2.75) is 51.2 Å². The van der Waals surface area contributed by atoms with Crippen LogP contribution in [-0.2, 0) is 12.8 Å². The molecule has 1 aliphatic carbocycles. The summed E-state index contributed by atoms with van der Waals surface area (Å²) in [5.74, 6) is 0. The predicted octanol–water partition coefficient (Wildman–Crippen LogP) is 2.59. The van der Waals surface area contributed by atoms with Crippen LogP contribution in [0, 0.1) is 0 Å². The molecule has 0 amide bonds. The van der Waals surface area contributed by atoms with Crippen LogP contribution >= 0.6 is 11.3 Å². The minimum absolute atomic E-state index is 0.319. The van der Waals surface area contributed by atoms with Crippen molar-refractivity contribution >= 4 is 11.3 Å². The fourth-order valence-corrected chi connectivity index (χ4v) is 4.22. The van der Waals surface area contributed by atoms with Crippen LogP contribution in [0.5, 0.6) is 0 Å². The molecule has 1 aromatic heterocycles. The zero-order valence-electron chi connectivity index (χ0n) is 13.2. The van der Waals surface area contributed by atoms with Crippen LogP contribution in [0.2, 0.25) is 0 Å². The first-order chi connectivity index (χ1) is 9.37. The normalized spacial score (nSPS) is 19.7. The average Bonchev–Trinajstić information content (AvgIpc) is 2.78. The molecule has 2 N–H and O–H groups in total. The van der Waals surface area contributed by atoms with Crippen LogP contribution in [0.25, 0.3) is 0 Å². The third kappa shape index (κ3) is 4.29. The molecule has 1 aromatic rings. The van der Waals surface area contributed by atoms with Gasteiger partial charge in [-0.05, 0) is 65.3 Å². The highest BCUT2D eigenvalue weighted by molar-refractivity contribution is 7.12. The highest BCUT2D eigenvalue weighted by Gasteiger charge is 2.23. The summed E-state index contributed by atoms with van der Waals surface area (Å²) >= 11 is 1.95. The first kappa shape index (κ1) is 16.0. The van der Waals surface area contributed by atoms with Crippen molar-refractivity contribution in [3.05, 3.63) is 21.4 Å². The third-order valence-corrected chi connectivity index (χ3v) is 5.31. The summed E-state index contributed by atoms with van der Waals surface area (Å²) in [5.41, 5.74) is 0.874. The summed E-state index contributed by atoms with van der Waals surface area (Å²) in [5, 5.41) is 13.8. The minimum Gasteiger partial charge on any atom is -0.388 e. The van der Waals surface area contributed by atoms with Gasteiger partial charge in [0.25, 0.3) is 0 Å². The van der Waals surface area contributed by atoms with Crippen molar-refractivity contribution < 1.29 is 5.11 Å². The van der Waals surface area contributed by atoms with E-state index in [1.165, 1.54) is 30.6 Å². The van der Waals surface area contributed by atoms with Gasteiger partial charge in [-0.3, -0.25) is 0 Å². The Morgan fingerprint density at radius 1 is 1.40 bits per heavy atom. The van der Waals surface area contributed by atoms with Gasteiger partial charge in [-0.15, -0.1) is 11.3 Å². The Labute approximate surface area is 127 Å². The van der Waals surface area contributed by atoms with Crippen LogP contribution in [-0.4, -0.2) is 42.8 Å². The quantitative estimate of drug-likeness (QED) is 0.847. The summed E-state index contributed by atoms with van der Waals surface area (Å²) in [6.45, 7) is 5.39. The van der Waals surface area contributed by atoms with E-state index in [2.05, 4.69) is 18.3 Å². The summed E-state index contributed by atoms with van der Waals surface area (Å²) in [7, 11) is 3.98. The van der Waals surface area contributed by atoms with Gasteiger partial charge in [-0.2, -0.15) is 0 Å². The molecule has 0 aliphatic heterocycles. The molecule has 0 bridgehead atoms. The van der Waals surface area contributed by atoms with Crippen molar-refractivity contribution in [2.75, 3.05) is 27.2 Å². The highest BCUT2D eigenvalue weighted by Crippen LogP contribution is 2.32. The van der Waals surface area contributed by atoms with Crippen LogP contribution in [0.1, 0.15) is 48.0 Å². The topological polar surface area (TPSA) is 35.5 Å². The van der Waals surface area contributed by atoms with E-state index in [4.69, 9.17) is 0 Å². The number of nitrogens with zero attached hydrogens (tertiary/aromatic N) is 1. The van der Waals surface area contributed by atoms with Crippen molar-refractivity contribution in [1.82, 2.24) is 10.2 Å². The second-order valence-electron chi connectivity index (χ2n) is 6.64. The molecule has 4 heteroatoms.